The van der Waals surface area contributed by atoms with Gasteiger partial charge in [-0.1, -0.05) is 19.3 Å². The summed E-state index contributed by atoms with van der Waals surface area (Å²) < 4.78 is 0. The number of carbonyl (C=O) groups excluding carboxylic acids is 1. The minimum Gasteiger partial charge on any atom is -0.481 e. The van der Waals surface area contributed by atoms with E-state index >= 15 is 0 Å². The van der Waals surface area contributed by atoms with E-state index in [1.165, 1.54) is 12.8 Å². The first-order chi connectivity index (χ1) is 9.02. The van der Waals surface area contributed by atoms with Crippen molar-refractivity contribution in [1.82, 2.24) is 4.90 Å². The Labute approximate surface area is 115 Å². The van der Waals surface area contributed by atoms with Gasteiger partial charge >= 0.3 is 5.97 Å². The molecule has 2 fully saturated rings. The molecule has 0 aromatic rings. The standard InChI is InChI=1S/C15H25NO3/c1-16(12-6-5-7-12)13(17)10-15(11-14(18)19)8-3-2-4-9-15/h12H,2-11H2,1H3,(H,18,19). The van der Waals surface area contributed by atoms with Gasteiger partial charge in [0.15, 0.2) is 0 Å². The third-order valence-electron chi connectivity index (χ3n) is 4.98. The van der Waals surface area contributed by atoms with Crippen molar-refractivity contribution in [2.75, 3.05) is 7.05 Å². The Kier molecular flexibility index (Phi) is 4.48. The number of carbonyl (C=O) groups is 2. The zero-order valence-electron chi connectivity index (χ0n) is 11.9. The molecule has 0 aliphatic heterocycles. The van der Waals surface area contributed by atoms with E-state index in [-0.39, 0.29) is 17.7 Å². The third kappa shape index (κ3) is 3.48. The zero-order chi connectivity index (χ0) is 13.9. The Morgan fingerprint density at radius 2 is 1.74 bits per heavy atom. The molecule has 2 aliphatic rings. The molecule has 2 rings (SSSR count). The Hall–Kier alpha value is -1.06. The van der Waals surface area contributed by atoms with Gasteiger partial charge in [0.1, 0.15) is 0 Å². The highest BCUT2D eigenvalue weighted by Crippen LogP contribution is 2.43. The highest BCUT2D eigenvalue weighted by molar-refractivity contribution is 5.78. The van der Waals surface area contributed by atoms with Crippen molar-refractivity contribution in [2.45, 2.75) is 70.3 Å². The number of carboxylic acids is 1. The summed E-state index contributed by atoms with van der Waals surface area (Å²) in [5.41, 5.74) is -0.279. The highest BCUT2D eigenvalue weighted by Gasteiger charge is 2.38. The van der Waals surface area contributed by atoms with Crippen molar-refractivity contribution < 1.29 is 14.7 Å². The molecule has 0 bridgehead atoms. The molecule has 0 saturated heterocycles. The van der Waals surface area contributed by atoms with Crippen LogP contribution in [0.4, 0.5) is 0 Å². The van der Waals surface area contributed by atoms with Crippen LogP contribution in [0.15, 0.2) is 0 Å². The summed E-state index contributed by atoms with van der Waals surface area (Å²) in [4.78, 5) is 25.3. The molecule has 1 N–H and O–H groups in total. The van der Waals surface area contributed by atoms with Crippen molar-refractivity contribution in [2.24, 2.45) is 5.41 Å². The van der Waals surface area contributed by atoms with E-state index < -0.39 is 5.97 Å². The van der Waals surface area contributed by atoms with Crippen LogP contribution in [-0.2, 0) is 9.59 Å². The minimum atomic E-state index is -0.763. The van der Waals surface area contributed by atoms with Gasteiger partial charge in [-0.25, -0.2) is 0 Å². The second-order valence-electron chi connectivity index (χ2n) is 6.40. The molecule has 0 aromatic carbocycles. The van der Waals surface area contributed by atoms with Crippen molar-refractivity contribution in [3.63, 3.8) is 0 Å². The van der Waals surface area contributed by atoms with E-state index in [0.717, 1.165) is 38.5 Å². The maximum absolute atomic E-state index is 12.4. The first-order valence-corrected chi connectivity index (χ1v) is 7.50. The SMILES string of the molecule is CN(C(=O)CC1(CC(=O)O)CCCCC1)C1CCC1. The summed E-state index contributed by atoms with van der Waals surface area (Å²) in [5, 5.41) is 9.12. The third-order valence-corrected chi connectivity index (χ3v) is 4.98. The van der Waals surface area contributed by atoms with Gasteiger partial charge in [0.05, 0.1) is 6.42 Å². The molecule has 108 valence electrons. The lowest BCUT2D eigenvalue weighted by molar-refractivity contribution is -0.143. The molecule has 1 amide bonds. The van der Waals surface area contributed by atoms with E-state index in [9.17, 15) is 9.59 Å². The summed E-state index contributed by atoms with van der Waals surface area (Å²) in [5.74, 6) is -0.617. The Bertz CT molecular complexity index is 343. The van der Waals surface area contributed by atoms with Crippen LogP contribution < -0.4 is 0 Å². The van der Waals surface area contributed by atoms with E-state index in [2.05, 4.69) is 0 Å². The number of rotatable bonds is 5. The van der Waals surface area contributed by atoms with Crippen LogP contribution in [0.25, 0.3) is 0 Å². The van der Waals surface area contributed by atoms with Gasteiger partial charge in [-0.05, 0) is 37.5 Å². The largest absolute Gasteiger partial charge is 0.481 e. The van der Waals surface area contributed by atoms with Crippen LogP contribution >= 0.6 is 0 Å². The average Bonchev–Trinajstić information content (AvgIpc) is 2.26. The lowest BCUT2D eigenvalue weighted by atomic mass is 9.69. The van der Waals surface area contributed by atoms with Gasteiger partial charge in [-0.15, -0.1) is 0 Å². The Morgan fingerprint density at radius 1 is 1.11 bits per heavy atom. The number of nitrogens with zero attached hydrogens (tertiary/aromatic N) is 1. The first-order valence-electron chi connectivity index (χ1n) is 7.50. The second kappa shape index (κ2) is 5.93. The van der Waals surface area contributed by atoms with Gasteiger partial charge in [-0.3, -0.25) is 9.59 Å². The van der Waals surface area contributed by atoms with Crippen molar-refractivity contribution in [3.05, 3.63) is 0 Å². The molecule has 0 spiro atoms. The fourth-order valence-corrected chi connectivity index (χ4v) is 3.46. The predicted octanol–water partition coefficient (Wildman–Crippen LogP) is 2.81. The van der Waals surface area contributed by atoms with Crippen LogP contribution in [-0.4, -0.2) is 35.0 Å². The van der Waals surface area contributed by atoms with Gasteiger partial charge in [0.25, 0.3) is 0 Å². The summed E-state index contributed by atoms with van der Waals surface area (Å²) in [6, 6.07) is 0.401. The van der Waals surface area contributed by atoms with Gasteiger partial charge < -0.3 is 10.0 Å². The molecule has 4 heteroatoms. The van der Waals surface area contributed by atoms with Crippen LogP contribution in [0.1, 0.15) is 64.2 Å². The summed E-state index contributed by atoms with van der Waals surface area (Å²) in [6.07, 6.45) is 9.08. The van der Waals surface area contributed by atoms with Crippen molar-refractivity contribution >= 4 is 11.9 Å². The molecular weight excluding hydrogens is 242 g/mol. The Morgan fingerprint density at radius 3 is 2.21 bits per heavy atom. The topological polar surface area (TPSA) is 57.6 Å². The zero-order valence-corrected chi connectivity index (χ0v) is 11.9. The molecule has 2 saturated carbocycles. The molecule has 4 nitrogen and oxygen atoms in total. The maximum Gasteiger partial charge on any atom is 0.303 e. The van der Waals surface area contributed by atoms with E-state index in [1.54, 1.807) is 0 Å². The second-order valence-corrected chi connectivity index (χ2v) is 6.40. The van der Waals surface area contributed by atoms with Gasteiger partial charge in [-0.2, -0.15) is 0 Å². The fraction of sp³-hybridized carbons (Fsp3) is 0.867. The molecule has 0 unspecified atom stereocenters. The lowest BCUT2D eigenvalue weighted by Crippen LogP contribution is -2.44. The summed E-state index contributed by atoms with van der Waals surface area (Å²) >= 11 is 0. The van der Waals surface area contributed by atoms with Crippen LogP contribution in [0.3, 0.4) is 0 Å². The molecule has 0 aromatic heterocycles. The monoisotopic (exact) mass is 267 g/mol. The van der Waals surface area contributed by atoms with Gasteiger partial charge in [0, 0.05) is 19.5 Å². The Balaban J connectivity index is 1.98. The smallest absolute Gasteiger partial charge is 0.303 e. The maximum atomic E-state index is 12.4. The molecular formula is C15H25NO3. The van der Waals surface area contributed by atoms with Crippen LogP contribution in [0, 0.1) is 5.41 Å². The van der Waals surface area contributed by atoms with Gasteiger partial charge in [0.2, 0.25) is 5.91 Å². The van der Waals surface area contributed by atoms with E-state index in [4.69, 9.17) is 5.11 Å². The van der Waals surface area contributed by atoms with Crippen molar-refractivity contribution in [1.29, 1.82) is 0 Å². The average molecular weight is 267 g/mol. The number of carboxylic acid groups (broad SMARTS) is 1. The van der Waals surface area contributed by atoms with Crippen LogP contribution in [0.5, 0.6) is 0 Å². The summed E-state index contributed by atoms with van der Waals surface area (Å²) in [7, 11) is 1.88. The number of hydrogen-bond acceptors (Lipinski definition) is 2. The van der Waals surface area contributed by atoms with E-state index in [1.807, 2.05) is 11.9 Å². The van der Waals surface area contributed by atoms with E-state index in [0.29, 0.717) is 12.5 Å². The molecule has 19 heavy (non-hydrogen) atoms. The number of amides is 1. The molecule has 0 radical (unpaired) electrons. The predicted molar refractivity (Wildman–Crippen MR) is 72.8 cm³/mol. The van der Waals surface area contributed by atoms with Crippen LogP contribution in [0.2, 0.25) is 0 Å². The lowest BCUT2D eigenvalue weighted by Gasteiger charge is -2.40. The van der Waals surface area contributed by atoms with Crippen molar-refractivity contribution in [3.8, 4) is 0 Å². The quantitative estimate of drug-likeness (QED) is 0.833. The fourth-order valence-electron chi connectivity index (χ4n) is 3.46. The molecule has 0 heterocycles. The number of hydrogen-bond donors (Lipinski definition) is 1. The number of aliphatic carboxylic acids is 1. The molecule has 2 aliphatic carbocycles. The normalized spacial score (nSPS) is 22.6. The first kappa shape index (κ1) is 14.4. The summed E-state index contributed by atoms with van der Waals surface area (Å²) in [6.45, 7) is 0. The minimum absolute atomic E-state index is 0.146. The molecule has 0 atom stereocenters. The highest BCUT2D eigenvalue weighted by atomic mass is 16.4.